The first-order valence-electron chi connectivity index (χ1n) is 6.92. The fraction of sp³-hybridized carbons (Fsp3) is 0.250. The molecule has 2 N–H and O–H groups in total. The molecule has 0 aliphatic heterocycles. The van der Waals surface area contributed by atoms with Crippen molar-refractivity contribution in [2.75, 3.05) is 17.2 Å². The molecule has 0 atom stereocenters. The molecule has 0 unspecified atom stereocenters. The van der Waals surface area contributed by atoms with Crippen molar-refractivity contribution in [1.29, 1.82) is 0 Å². The number of rotatable bonds is 5. The summed E-state index contributed by atoms with van der Waals surface area (Å²) in [5.74, 6) is -2.00. The Hall–Kier alpha value is -2.50. The first kappa shape index (κ1) is 15.9. The standard InChI is InChI=1S/C16H17F2N3O/c1-10(2)9-20-11-5-6-19-15(8-11)16(22)21-12-3-4-13(17)14(18)7-12/h3-8,10H,9H2,1-2H3,(H,19,20)(H,21,22). The Bertz CT molecular complexity index is 674. The number of nitrogens with one attached hydrogen (secondary N) is 2. The number of carbonyl (C=O) groups is 1. The molecular formula is C16H17F2N3O. The Kier molecular flexibility index (Phi) is 5.04. The summed E-state index contributed by atoms with van der Waals surface area (Å²) < 4.78 is 26.0. The monoisotopic (exact) mass is 305 g/mol. The number of carbonyl (C=O) groups excluding carboxylic acids is 1. The number of aromatic nitrogens is 1. The summed E-state index contributed by atoms with van der Waals surface area (Å²) >= 11 is 0. The topological polar surface area (TPSA) is 54.0 Å². The van der Waals surface area contributed by atoms with Crippen LogP contribution >= 0.6 is 0 Å². The van der Waals surface area contributed by atoms with Crippen LogP contribution in [0, 0.1) is 17.6 Å². The van der Waals surface area contributed by atoms with Gasteiger partial charge >= 0.3 is 0 Å². The fourth-order valence-corrected chi connectivity index (χ4v) is 1.76. The normalized spacial score (nSPS) is 10.6. The number of anilines is 2. The van der Waals surface area contributed by atoms with E-state index in [4.69, 9.17) is 0 Å². The minimum absolute atomic E-state index is 0.172. The lowest BCUT2D eigenvalue weighted by Crippen LogP contribution is -2.15. The largest absolute Gasteiger partial charge is 0.385 e. The minimum atomic E-state index is -1.02. The van der Waals surface area contributed by atoms with E-state index >= 15 is 0 Å². The summed E-state index contributed by atoms with van der Waals surface area (Å²) in [5, 5.41) is 5.67. The predicted octanol–water partition coefficient (Wildman–Crippen LogP) is 3.68. The van der Waals surface area contributed by atoms with Gasteiger partial charge in [0.2, 0.25) is 0 Å². The Morgan fingerprint density at radius 3 is 2.59 bits per heavy atom. The fourth-order valence-electron chi connectivity index (χ4n) is 1.76. The third kappa shape index (κ3) is 4.25. The number of amides is 1. The minimum Gasteiger partial charge on any atom is -0.385 e. The van der Waals surface area contributed by atoms with Gasteiger partial charge in [0.05, 0.1) is 0 Å². The van der Waals surface area contributed by atoms with Crippen molar-refractivity contribution in [3.8, 4) is 0 Å². The highest BCUT2D eigenvalue weighted by Gasteiger charge is 2.10. The molecule has 116 valence electrons. The Morgan fingerprint density at radius 2 is 1.91 bits per heavy atom. The molecule has 0 aliphatic carbocycles. The zero-order valence-corrected chi connectivity index (χ0v) is 12.4. The van der Waals surface area contributed by atoms with Crippen LogP contribution in [0.3, 0.4) is 0 Å². The van der Waals surface area contributed by atoms with Crippen molar-refractivity contribution in [3.63, 3.8) is 0 Å². The van der Waals surface area contributed by atoms with Gasteiger partial charge < -0.3 is 10.6 Å². The molecule has 2 aromatic rings. The van der Waals surface area contributed by atoms with Gasteiger partial charge in [-0.3, -0.25) is 9.78 Å². The van der Waals surface area contributed by atoms with Gasteiger partial charge in [0, 0.05) is 30.2 Å². The molecule has 4 nitrogen and oxygen atoms in total. The molecular weight excluding hydrogens is 288 g/mol. The van der Waals surface area contributed by atoms with E-state index in [-0.39, 0.29) is 11.4 Å². The maximum absolute atomic E-state index is 13.1. The number of nitrogens with zero attached hydrogens (tertiary/aromatic N) is 1. The SMILES string of the molecule is CC(C)CNc1ccnc(C(=O)Nc2ccc(F)c(F)c2)c1. The van der Waals surface area contributed by atoms with E-state index in [9.17, 15) is 13.6 Å². The van der Waals surface area contributed by atoms with Crippen molar-refractivity contribution >= 4 is 17.3 Å². The van der Waals surface area contributed by atoms with Crippen molar-refractivity contribution in [2.45, 2.75) is 13.8 Å². The highest BCUT2D eigenvalue weighted by atomic mass is 19.2. The number of halogens is 2. The van der Waals surface area contributed by atoms with Crippen LogP contribution in [-0.4, -0.2) is 17.4 Å². The van der Waals surface area contributed by atoms with Crippen molar-refractivity contribution in [3.05, 3.63) is 53.9 Å². The number of hydrogen-bond donors (Lipinski definition) is 2. The Morgan fingerprint density at radius 1 is 1.14 bits per heavy atom. The smallest absolute Gasteiger partial charge is 0.274 e. The van der Waals surface area contributed by atoms with Gasteiger partial charge in [-0.1, -0.05) is 13.8 Å². The molecule has 1 aromatic carbocycles. The maximum Gasteiger partial charge on any atom is 0.274 e. The molecule has 0 aliphatic rings. The number of pyridine rings is 1. The molecule has 2 rings (SSSR count). The lowest BCUT2D eigenvalue weighted by molar-refractivity contribution is 0.102. The van der Waals surface area contributed by atoms with Crippen LogP contribution in [0.15, 0.2) is 36.5 Å². The van der Waals surface area contributed by atoms with E-state index in [0.29, 0.717) is 5.92 Å². The maximum atomic E-state index is 13.1. The Balaban J connectivity index is 2.08. The third-order valence-corrected chi connectivity index (χ3v) is 2.88. The summed E-state index contributed by atoms with van der Waals surface area (Å²) in [6, 6.07) is 6.54. The number of hydrogen-bond acceptors (Lipinski definition) is 3. The van der Waals surface area contributed by atoms with Crippen LogP contribution < -0.4 is 10.6 Å². The lowest BCUT2D eigenvalue weighted by Gasteiger charge is -2.10. The van der Waals surface area contributed by atoms with Gasteiger partial charge in [-0.05, 0) is 30.2 Å². The predicted molar refractivity (Wildman–Crippen MR) is 81.9 cm³/mol. The molecule has 0 spiro atoms. The quantitative estimate of drug-likeness (QED) is 0.886. The summed E-state index contributed by atoms with van der Waals surface area (Å²) in [5.41, 5.74) is 1.14. The van der Waals surface area contributed by atoms with Crippen LogP contribution in [0.4, 0.5) is 20.2 Å². The van der Waals surface area contributed by atoms with Crippen LogP contribution in [0.5, 0.6) is 0 Å². The van der Waals surface area contributed by atoms with Gasteiger partial charge in [0.25, 0.3) is 5.91 Å². The molecule has 0 saturated carbocycles. The van der Waals surface area contributed by atoms with Gasteiger partial charge in [-0.2, -0.15) is 0 Å². The third-order valence-electron chi connectivity index (χ3n) is 2.88. The van der Waals surface area contributed by atoms with Crippen LogP contribution in [0.25, 0.3) is 0 Å². The lowest BCUT2D eigenvalue weighted by atomic mass is 10.2. The average Bonchev–Trinajstić information content (AvgIpc) is 2.49. The first-order valence-corrected chi connectivity index (χ1v) is 6.92. The summed E-state index contributed by atoms with van der Waals surface area (Å²) in [7, 11) is 0. The van der Waals surface area contributed by atoms with Crippen LogP contribution in [0.2, 0.25) is 0 Å². The zero-order valence-electron chi connectivity index (χ0n) is 12.4. The van der Waals surface area contributed by atoms with Gasteiger partial charge in [-0.25, -0.2) is 8.78 Å². The first-order chi connectivity index (χ1) is 10.5. The average molecular weight is 305 g/mol. The Labute approximate surface area is 127 Å². The van der Waals surface area contributed by atoms with Crippen LogP contribution in [-0.2, 0) is 0 Å². The van der Waals surface area contributed by atoms with Crippen LogP contribution in [0.1, 0.15) is 24.3 Å². The number of benzene rings is 1. The molecule has 0 saturated heterocycles. The van der Waals surface area contributed by atoms with E-state index in [1.54, 1.807) is 12.1 Å². The van der Waals surface area contributed by atoms with E-state index in [1.807, 2.05) is 0 Å². The highest BCUT2D eigenvalue weighted by molar-refractivity contribution is 6.03. The van der Waals surface area contributed by atoms with E-state index < -0.39 is 17.5 Å². The van der Waals surface area contributed by atoms with Crippen molar-refractivity contribution in [2.24, 2.45) is 5.92 Å². The molecule has 0 radical (unpaired) electrons. The van der Waals surface area contributed by atoms with E-state index in [1.165, 1.54) is 12.3 Å². The zero-order chi connectivity index (χ0) is 16.1. The van der Waals surface area contributed by atoms with Crippen molar-refractivity contribution < 1.29 is 13.6 Å². The summed E-state index contributed by atoms with van der Waals surface area (Å²) in [4.78, 5) is 16.1. The molecule has 1 aromatic heterocycles. The second-order valence-corrected chi connectivity index (χ2v) is 5.29. The molecule has 0 fully saturated rings. The molecule has 6 heteroatoms. The van der Waals surface area contributed by atoms with Gasteiger partial charge in [0.1, 0.15) is 5.69 Å². The van der Waals surface area contributed by atoms with Gasteiger partial charge in [0.15, 0.2) is 11.6 Å². The van der Waals surface area contributed by atoms with E-state index in [0.717, 1.165) is 24.4 Å². The second kappa shape index (κ2) is 6.98. The molecule has 1 amide bonds. The molecule has 22 heavy (non-hydrogen) atoms. The second-order valence-electron chi connectivity index (χ2n) is 5.29. The van der Waals surface area contributed by atoms with Crippen molar-refractivity contribution in [1.82, 2.24) is 4.98 Å². The summed E-state index contributed by atoms with van der Waals surface area (Å²) in [6.07, 6.45) is 1.52. The highest BCUT2D eigenvalue weighted by Crippen LogP contribution is 2.15. The summed E-state index contributed by atoms with van der Waals surface area (Å²) in [6.45, 7) is 4.92. The van der Waals surface area contributed by atoms with Gasteiger partial charge in [-0.15, -0.1) is 0 Å². The van der Waals surface area contributed by atoms with E-state index in [2.05, 4.69) is 29.5 Å². The molecule has 0 bridgehead atoms. The molecule has 1 heterocycles.